The minimum atomic E-state index is -1.81. The highest BCUT2D eigenvalue weighted by Crippen LogP contribution is 2.27. The summed E-state index contributed by atoms with van der Waals surface area (Å²) >= 11 is 0. The van der Waals surface area contributed by atoms with Crippen LogP contribution in [-0.2, 0) is 78.2 Å². The average molecular weight is 1550 g/mol. The number of carboxylic acids is 1. The standard InChI is InChI=1S/C77H129N15O18/c1-24-52-73(104)86(17)41-61(94)87(18)55(35-42(2)3)70(101)85-63(46(10)11)76(107)88(19)56(36-43(4)5)69(100)80-49(15)67(98)81-50(16)72(103)89(20)57(37-44(6)7)74(105)90(21)58(38-45(8)9)75(106)91(22)64(47(12)13)77(108)92(23)65(71(102)84-52)66(97)48(14)39-59-82-53-26-25-51(40-54(53)83-59)68(99)79-30-32-110-34-33-109-31-29-78-60(93)27-28-62(95)96/h25-26,40,42-50,52,55-58,63-66,97H,24,27-39,41H2,1-23H3,(H,78,93)(H,79,99)(H,80,100)(H,81,98)(H,82,83)(H,84,102)(H,85,101)(H,95,96)/t48-,49+,50-,52+,55+,56+,57+,58+,63+,64+,65+,66-/m1/s1. The maximum absolute atomic E-state index is 15.6. The first-order valence-corrected chi connectivity index (χ1v) is 38.4. The van der Waals surface area contributed by atoms with E-state index < -0.39 is 174 Å². The molecule has 33 heteroatoms. The molecule has 0 bridgehead atoms. The first-order chi connectivity index (χ1) is 51.3. The highest BCUT2D eigenvalue weighted by atomic mass is 16.5. The van der Waals surface area contributed by atoms with E-state index in [1.165, 1.54) is 87.7 Å². The van der Waals surface area contributed by atoms with Crippen LogP contribution in [0, 0.1) is 41.4 Å². The Morgan fingerprint density at radius 3 is 1.53 bits per heavy atom. The van der Waals surface area contributed by atoms with Gasteiger partial charge in [0.2, 0.25) is 70.9 Å². The molecule has 1 aromatic heterocycles. The van der Waals surface area contributed by atoms with Crippen molar-refractivity contribution in [3.8, 4) is 0 Å². The van der Waals surface area contributed by atoms with Crippen LogP contribution in [0.1, 0.15) is 172 Å². The van der Waals surface area contributed by atoms with Gasteiger partial charge in [-0.3, -0.25) is 67.1 Å². The zero-order valence-electron chi connectivity index (χ0n) is 69.2. The molecular weight excluding hydrogens is 1420 g/mol. The number of aromatic amines is 1. The van der Waals surface area contributed by atoms with E-state index in [4.69, 9.17) is 19.6 Å². The number of benzene rings is 1. The number of carboxylic acid groups (broad SMARTS) is 1. The van der Waals surface area contributed by atoms with Crippen molar-refractivity contribution >= 4 is 93.8 Å². The van der Waals surface area contributed by atoms with Crippen molar-refractivity contribution in [2.24, 2.45) is 41.4 Å². The Bertz CT molecular complexity index is 3470. The molecule has 2 aromatic rings. The lowest BCUT2D eigenvalue weighted by Gasteiger charge is -2.41. The number of rotatable bonds is 28. The second-order valence-electron chi connectivity index (χ2n) is 31.6. The predicted octanol–water partition coefficient (Wildman–Crippen LogP) is 2.17. The molecule has 13 amide bonds. The van der Waals surface area contributed by atoms with E-state index in [-0.39, 0.29) is 120 Å². The molecule has 1 aliphatic rings. The molecule has 0 radical (unpaired) electrons. The summed E-state index contributed by atoms with van der Waals surface area (Å²) < 4.78 is 11.0. The Balaban J connectivity index is 2.19. The Morgan fingerprint density at radius 1 is 0.527 bits per heavy atom. The molecule has 1 fully saturated rings. The maximum Gasteiger partial charge on any atom is 0.303 e. The van der Waals surface area contributed by atoms with Gasteiger partial charge >= 0.3 is 5.97 Å². The van der Waals surface area contributed by atoms with Gasteiger partial charge in [-0.05, 0) is 106 Å². The number of hydrogen-bond donors (Lipinski definition) is 9. The SMILES string of the molecule is CC[C@@H]1NC(=O)[C@H]([C@H](O)[C@H](C)Cc2nc3cc(C(=O)NCCOCCOCCNC(=O)CCC(=O)O)ccc3[nH]2)N(C)C(=O)[C@H](C(C)C)N(C)C(=O)[C@H](CC(C)C)N(C)C(=O)[C@H](CC(C)C)N(C)C(=O)[C@@H](C)NC(=O)[C@H](C)NC(=O)[C@H](CC(C)C)N(C)C(=O)[C@H](C(C)C)NC(=O)[C@H](CC(C)C)N(C)C(=O)CN(C)C1=O. The molecule has 9 N–H and O–H groups in total. The fraction of sp³-hybridized carbons (Fsp3) is 0.727. The number of aliphatic carboxylic acids is 1. The number of hydrogen-bond acceptors (Lipinski definition) is 18. The van der Waals surface area contributed by atoms with Gasteiger partial charge in [0.25, 0.3) is 5.91 Å². The minimum absolute atomic E-state index is 0.0483. The van der Waals surface area contributed by atoms with Gasteiger partial charge in [-0.2, -0.15) is 0 Å². The van der Waals surface area contributed by atoms with Gasteiger partial charge in [0.1, 0.15) is 66.2 Å². The van der Waals surface area contributed by atoms with Crippen LogP contribution < -0.4 is 31.9 Å². The van der Waals surface area contributed by atoms with E-state index in [1.807, 2.05) is 55.4 Å². The van der Waals surface area contributed by atoms with Crippen LogP contribution in [0.15, 0.2) is 18.2 Å². The lowest BCUT2D eigenvalue weighted by Crippen LogP contribution is -2.63. The number of aromatic nitrogens is 2. The highest BCUT2D eigenvalue weighted by Gasteiger charge is 2.46. The van der Waals surface area contributed by atoms with Crippen molar-refractivity contribution in [2.75, 3.05) is 95.4 Å². The van der Waals surface area contributed by atoms with E-state index in [0.717, 1.165) is 9.80 Å². The molecule has 1 aromatic carbocycles. The predicted molar refractivity (Wildman–Crippen MR) is 413 cm³/mol. The Labute approximate surface area is 649 Å². The Hall–Kier alpha value is -8.85. The van der Waals surface area contributed by atoms with E-state index in [1.54, 1.807) is 59.7 Å². The Kier molecular flexibility index (Phi) is 38.9. The number of imidazole rings is 1. The topological polar surface area (TPSA) is 421 Å². The van der Waals surface area contributed by atoms with Gasteiger partial charge in [0, 0.05) is 80.8 Å². The number of likely N-dealkylation sites (N-methyl/N-ethyl adjacent to an activating group) is 7. The maximum atomic E-state index is 15.6. The number of nitrogens with zero attached hydrogens (tertiary/aromatic N) is 8. The van der Waals surface area contributed by atoms with Crippen LogP contribution in [0.4, 0.5) is 0 Å². The highest BCUT2D eigenvalue weighted by molar-refractivity contribution is 6.00. The minimum Gasteiger partial charge on any atom is -0.481 e. The van der Waals surface area contributed by atoms with E-state index in [9.17, 15) is 53.1 Å². The molecule has 0 aliphatic carbocycles. The summed E-state index contributed by atoms with van der Waals surface area (Å²) in [4.78, 5) is 215. The Morgan fingerprint density at radius 2 is 1.01 bits per heavy atom. The number of carbonyl (C=O) groups is 14. The van der Waals surface area contributed by atoms with Gasteiger partial charge in [0.05, 0.1) is 56.5 Å². The van der Waals surface area contributed by atoms with Gasteiger partial charge < -0.3 is 90.9 Å². The molecule has 33 nitrogen and oxygen atoms in total. The molecule has 0 unspecified atom stereocenters. The van der Waals surface area contributed by atoms with Crippen LogP contribution in [0.2, 0.25) is 0 Å². The van der Waals surface area contributed by atoms with Crippen molar-refractivity contribution in [2.45, 2.75) is 229 Å². The summed E-state index contributed by atoms with van der Waals surface area (Å²) in [6.45, 7) is 28.1. The van der Waals surface area contributed by atoms with Crippen LogP contribution in [0.25, 0.3) is 11.0 Å². The van der Waals surface area contributed by atoms with Crippen molar-refractivity contribution in [1.29, 1.82) is 0 Å². The van der Waals surface area contributed by atoms with Crippen molar-refractivity contribution < 1.29 is 86.8 Å². The number of H-pyrrole nitrogens is 1. The average Bonchev–Trinajstić information content (AvgIpc) is 1.08. The number of nitrogens with one attached hydrogen (secondary N) is 7. The van der Waals surface area contributed by atoms with Crippen molar-refractivity contribution in [1.82, 2.24) is 76.2 Å². The monoisotopic (exact) mass is 1550 g/mol. The first-order valence-electron chi connectivity index (χ1n) is 38.4. The summed E-state index contributed by atoms with van der Waals surface area (Å²) in [5, 5.41) is 37.8. The number of fused-ring (bicyclic) bond motifs is 1. The van der Waals surface area contributed by atoms with Gasteiger partial charge in [0.15, 0.2) is 0 Å². The lowest BCUT2D eigenvalue weighted by atomic mass is 9.91. The molecule has 0 spiro atoms. The van der Waals surface area contributed by atoms with Crippen molar-refractivity contribution in [3.63, 3.8) is 0 Å². The molecule has 3 rings (SSSR count). The zero-order valence-corrected chi connectivity index (χ0v) is 69.2. The van der Waals surface area contributed by atoms with E-state index in [0.29, 0.717) is 16.9 Å². The normalized spacial score (nSPS) is 23.3. The lowest BCUT2D eigenvalue weighted by molar-refractivity contribution is -0.157. The number of aliphatic hydroxyl groups excluding tert-OH is 1. The third-order valence-corrected chi connectivity index (χ3v) is 19.7. The van der Waals surface area contributed by atoms with Gasteiger partial charge in [-0.15, -0.1) is 0 Å². The number of ether oxygens (including phenoxy) is 2. The summed E-state index contributed by atoms with van der Waals surface area (Å²) in [7, 11) is 9.70. The molecule has 1 saturated heterocycles. The van der Waals surface area contributed by atoms with Gasteiger partial charge in [-0.25, -0.2) is 4.98 Å². The third-order valence-electron chi connectivity index (χ3n) is 19.7. The number of amides is 13. The largest absolute Gasteiger partial charge is 0.481 e. The molecule has 12 atom stereocenters. The summed E-state index contributed by atoms with van der Waals surface area (Å²) in [5.74, 6) is -12.5. The van der Waals surface area contributed by atoms with Crippen molar-refractivity contribution in [3.05, 3.63) is 29.6 Å². The summed E-state index contributed by atoms with van der Waals surface area (Å²) in [6, 6.07) is -8.33. The first kappa shape index (κ1) is 95.4. The number of aliphatic hydroxyl groups is 1. The van der Waals surface area contributed by atoms with E-state index >= 15 is 19.2 Å². The van der Waals surface area contributed by atoms with E-state index in [2.05, 4.69) is 36.9 Å². The van der Waals surface area contributed by atoms with Gasteiger partial charge in [-0.1, -0.05) is 96.9 Å². The van der Waals surface area contributed by atoms with Crippen LogP contribution >= 0.6 is 0 Å². The fourth-order valence-electron chi connectivity index (χ4n) is 13.1. The molecule has 620 valence electrons. The van der Waals surface area contributed by atoms with Crippen LogP contribution in [-0.4, -0.2) is 299 Å². The number of carbonyl (C=O) groups excluding carboxylic acids is 13. The fourth-order valence-corrected chi connectivity index (χ4v) is 13.1. The molecule has 2 heterocycles. The molecule has 110 heavy (non-hydrogen) atoms. The summed E-state index contributed by atoms with van der Waals surface area (Å²) in [6.07, 6.45) is -1.84. The second-order valence-corrected chi connectivity index (χ2v) is 31.6. The molecule has 1 aliphatic heterocycles. The molecular formula is C77H129N15O18. The zero-order chi connectivity index (χ0) is 83.6. The molecule has 0 saturated carbocycles. The summed E-state index contributed by atoms with van der Waals surface area (Å²) in [5.41, 5.74) is 1.17. The smallest absolute Gasteiger partial charge is 0.303 e. The quantitative estimate of drug-likeness (QED) is 0.0551. The van der Waals surface area contributed by atoms with Crippen LogP contribution in [0.3, 0.4) is 0 Å². The second kappa shape index (κ2) is 44.9. The third kappa shape index (κ3) is 28.2. The van der Waals surface area contributed by atoms with Crippen LogP contribution in [0.5, 0.6) is 0 Å².